The number of halogens is 1. The minimum atomic E-state index is -0.0333. The van der Waals surface area contributed by atoms with Gasteiger partial charge >= 0.3 is 0 Å². The maximum absolute atomic E-state index is 5.97. The van der Waals surface area contributed by atoms with Gasteiger partial charge in [0.25, 0.3) is 0 Å². The van der Waals surface area contributed by atoms with Gasteiger partial charge in [-0.05, 0) is 64.2 Å². The van der Waals surface area contributed by atoms with E-state index in [9.17, 15) is 0 Å². The Balaban J connectivity index is 1.77. The van der Waals surface area contributed by atoms with Crippen LogP contribution in [0.3, 0.4) is 0 Å². The fourth-order valence-electron chi connectivity index (χ4n) is 3.46. The van der Waals surface area contributed by atoms with Gasteiger partial charge < -0.3 is 9.47 Å². The van der Waals surface area contributed by atoms with Gasteiger partial charge in [-0.3, -0.25) is 0 Å². The number of fused-ring (bicyclic) bond motifs is 1. The number of hydrogen-bond donors (Lipinski definition) is 0. The Hall–Kier alpha value is 0.400. The third-order valence-electron chi connectivity index (χ3n) is 4.29. The van der Waals surface area contributed by atoms with Crippen LogP contribution in [0.5, 0.6) is 0 Å². The van der Waals surface area contributed by atoms with Gasteiger partial charge in [0.05, 0.1) is 6.10 Å². The number of hydrogen-bond acceptors (Lipinski definition) is 2. The van der Waals surface area contributed by atoms with Crippen molar-refractivity contribution in [3.8, 4) is 0 Å². The van der Waals surface area contributed by atoms with Crippen LogP contribution in [0.25, 0.3) is 0 Å². The molecule has 0 radical (unpaired) electrons. The molecule has 2 rings (SSSR count). The van der Waals surface area contributed by atoms with E-state index in [4.69, 9.17) is 9.47 Å². The van der Waals surface area contributed by atoms with Gasteiger partial charge in [0.1, 0.15) is 0 Å². The summed E-state index contributed by atoms with van der Waals surface area (Å²) in [5.41, 5.74) is 0. The lowest BCUT2D eigenvalue weighted by molar-refractivity contribution is -0.171. The highest BCUT2D eigenvalue weighted by atomic mass is 79.9. The molecule has 0 heterocycles. The van der Waals surface area contributed by atoms with E-state index >= 15 is 0 Å². The molecule has 0 saturated heterocycles. The van der Waals surface area contributed by atoms with Crippen molar-refractivity contribution in [2.45, 2.75) is 69.6 Å². The summed E-state index contributed by atoms with van der Waals surface area (Å²) in [6, 6.07) is 0. The molecule has 17 heavy (non-hydrogen) atoms. The van der Waals surface area contributed by atoms with Crippen molar-refractivity contribution in [2.24, 2.45) is 11.8 Å². The van der Waals surface area contributed by atoms with Crippen molar-refractivity contribution >= 4 is 15.9 Å². The average Bonchev–Trinajstić information content (AvgIpc) is 2.29. The maximum Gasteiger partial charge on any atom is 0.155 e. The molecule has 0 aromatic carbocycles. The van der Waals surface area contributed by atoms with Crippen LogP contribution in [0.15, 0.2) is 0 Å². The molecule has 0 amide bonds. The lowest BCUT2D eigenvalue weighted by Crippen LogP contribution is -2.36. The quantitative estimate of drug-likeness (QED) is 0.574. The van der Waals surface area contributed by atoms with Gasteiger partial charge in [0.2, 0.25) is 0 Å². The summed E-state index contributed by atoms with van der Waals surface area (Å²) in [6.07, 6.45) is 8.31. The highest BCUT2D eigenvalue weighted by Gasteiger charge is 2.35. The number of rotatable bonds is 4. The van der Waals surface area contributed by atoms with Gasteiger partial charge in [0, 0.05) is 11.4 Å². The lowest BCUT2D eigenvalue weighted by Gasteiger charge is -2.41. The van der Waals surface area contributed by atoms with Crippen molar-refractivity contribution in [1.82, 2.24) is 0 Å². The van der Waals surface area contributed by atoms with E-state index in [0.29, 0.717) is 6.10 Å². The molecule has 5 unspecified atom stereocenters. The molecule has 100 valence electrons. The van der Waals surface area contributed by atoms with Gasteiger partial charge in [-0.25, -0.2) is 0 Å². The molecule has 2 nitrogen and oxygen atoms in total. The summed E-state index contributed by atoms with van der Waals surface area (Å²) >= 11 is 3.77. The van der Waals surface area contributed by atoms with Crippen LogP contribution in [0.1, 0.15) is 52.4 Å². The first kappa shape index (κ1) is 13.8. The Morgan fingerprint density at radius 2 is 1.82 bits per heavy atom. The Bertz CT molecular complexity index is 234. The zero-order valence-electron chi connectivity index (χ0n) is 11.0. The molecule has 0 bridgehead atoms. The topological polar surface area (TPSA) is 18.5 Å². The number of alkyl halides is 1. The summed E-state index contributed by atoms with van der Waals surface area (Å²) in [4.78, 5) is 0.767. The van der Waals surface area contributed by atoms with Crippen LogP contribution in [0.4, 0.5) is 0 Å². The SMILES string of the molecule is CCOC(C)OC1CCC2CC(Br)CCC2C1. The van der Waals surface area contributed by atoms with Crippen LogP contribution in [-0.4, -0.2) is 23.8 Å². The molecule has 5 atom stereocenters. The van der Waals surface area contributed by atoms with Gasteiger partial charge in [-0.15, -0.1) is 0 Å². The largest absolute Gasteiger partial charge is 0.353 e. The van der Waals surface area contributed by atoms with E-state index in [0.717, 1.165) is 23.3 Å². The van der Waals surface area contributed by atoms with Crippen LogP contribution in [0, 0.1) is 11.8 Å². The first-order valence-electron chi connectivity index (χ1n) is 7.10. The van der Waals surface area contributed by atoms with Crippen LogP contribution in [-0.2, 0) is 9.47 Å². The molecule has 3 heteroatoms. The van der Waals surface area contributed by atoms with Gasteiger partial charge in [-0.1, -0.05) is 15.9 Å². The molecule has 2 aliphatic carbocycles. The van der Waals surface area contributed by atoms with Crippen LogP contribution >= 0.6 is 15.9 Å². The second-order valence-electron chi connectivity index (χ2n) is 5.52. The Morgan fingerprint density at radius 3 is 2.59 bits per heavy atom. The van der Waals surface area contributed by atoms with Gasteiger partial charge in [0.15, 0.2) is 6.29 Å². The smallest absolute Gasteiger partial charge is 0.155 e. The zero-order chi connectivity index (χ0) is 12.3. The average molecular weight is 305 g/mol. The summed E-state index contributed by atoms with van der Waals surface area (Å²) in [5.74, 6) is 1.84. The monoisotopic (exact) mass is 304 g/mol. The van der Waals surface area contributed by atoms with Crippen molar-refractivity contribution in [3.63, 3.8) is 0 Å². The van der Waals surface area contributed by atoms with E-state index in [2.05, 4.69) is 15.9 Å². The molecule has 0 aromatic rings. The maximum atomic E-state index is 5.97. The van der Waals surface area contributed by atoms with E-state index in [1.165, 1.54) is 38.5 Å². The molecular weight excluding hydrogens is 280 g/mol. The molecule has 2 saturated carbocycles. The molecular formula is C14H25BrO2. The zero-order valence-corrected chi connectivity index (χ0v) is 12.6. The van der Waals surface area contributed by atoms with E-state index in [-0.39, 0.29) is 6.29 Å². The van der Waals surface area contributed by atoms with Crippen molar-refractivity contribution in [1.29, 1.82) is 0 Å². The van der Waals surface area contributed by atoms with Crippen molar-refractivity contribution in [3.05, 3.63) is 0 Å². The predicted octanol–water partition coefficient (Wildman–Crippen LogP) is 4.12. The summed E-state index contributed by atoms with van der Waals surface area (Å²) in [5, 5.41) is 0. The minimum absolute atomic E-state index is 0.0333. The summed E-state index contributed by atoms with van der Waals surface area (Å²) in [6.45, 7) is 4.78. The van der Waals surface area contributed by atoms with Gasteiger partial charge in [-0.2, -0.15) is 0 Å². The van der Waals surface area contributed by atoms with Crippen molar-refractivity contribution < 1.29 is 9.47 Å². The van der Waals surface area contributed by atoms with E-state index in [1.54, 1.807) is 0 Å². The lowest BCUT2D eigenvalue weighted by atomic mass is 9.70. The third-order valence-corrected chi connectivity index (χ3v) is 5.12. The van der Waals surface area contributed by atoms with Crippen molar-refractivity contribution in [2.75, 3.05) is 6.61 Å². The Kier molecular flexibility index (Phi) is 5.31. The normalized spacial score (nSPS) is 39.7. The molecule has 0 aliphatic heterocycles. The molecule has 0 spiro atoms. The standard InChI is InChI=1S/C14H25BrO2/c1-3-16-10(2)17-14-7-5-11-8-13(15)6-4-12(11)9-14/h10-14H,3-9H2,1-2H3. The second kappa shape index (κ2) is 6.53. The van der Waals surface area contributed by atoms with Crippen LogP contribution < -0.4 is 0 Å². The highest BCUT2D eigenvalue weighted by molar-refractivity contribution is 9.09. The number of ether oxygens (including phenoxy) is 2. The second-order valence-corrected chi connectivity index (χ2v) is 6.82. The highest BCUT2D eigenvalue weighted by Crippen LogP contribution is 2.43. The first-order valence-corrected chi connectivity index (χ1v) is 8.01. The molecule has 2 aliphatic rings. The molecule has 0 aromatic heterocycles. The molecule has 0 N–H and O–H groups in total. The fraction of sp³-hybridized carbons (Fsp3) is 1.00. The summed E-state index contributed by atoms with van der Waals surface area (Å²) in [7, 11) is 0. The third kappa shape index (κ3) is 3.93. The Labute approximate surface area is 114 Å². The first-order chi connectivity index (χ1) is 8.19. The van der Waals surface area contributed by atoms with E-state index in [1.807, 2.05) is 13.8 Å². The summed E-state index contributed by atoms with van der Waals surface area (Å²) < 4.78 is 11.4. The fourth-order valence-corrected chi connectivity index (χ4v) is 4.20. The Morgan fingerprint density at radius 1 is 1.12 bits per heavy atom. The van der Waals surface area contributed by atoms with Crippen LogP contribution in [0.2, 0.25) is 0 Å². The minimum Gasteiger partial charge on any atom is -0.353 e. The van der Waals surface area contributed by atoms with E-state index < -0.39 is 0 Å². The predicted molar refractivity (Wildman–Crippen MR) is 73.4 cm³/mol. The molecule has 2 fully saturated rings.